The monoisotopic (exact) mass is 267 g/mol. The largest absolute Gasteiger partial charge is 0.381 e. The van der Waals surface area contributed by atoms with E-state index in [9.17, 15) is 0 Å². The molecule has 0 aromatic carbocycles. The van der Waals surface area contributed by atoms with E-state index in [4.69, 9.17) is 10.5 Å². The maximum Gasteiger partial charge on any atom is 0.0513 e. The van der Waals surface area contributed by atoms with Gasteiger partial charge in [-0.05, 0) is 32.1 Å². The zero-order valence-electron chi connectivity index (χ0n) is 12.3. The second kappa shape index (κ2) is 5.68. The van der Waals surface area contributed by atoms with Crippen molar-refractivity contribution in [1.82, 2.24) is 9.80 Å². The Kier molecular flexibility index (Phi) is 4.13. The van der Waals surface area contributed by atoms with Crippen LogP contribution < -0.4 is 5.73 Å². The lowest BCUT2D eigenvalue weighted by molar-refractivity contribution is 0.00554. The molecule has 3 aliphatic rings. The van der Waals surface area contributed by atoms with E-state index >= 15 is 0 Å². The van der Waals surface area contributed by atoms with E-state index in [2.05, 4.69) is 16.7 Å². The van der Waals surface area contributed by atoms with Crippen LogP contribution in [0.25, 0.3) is 0 Å². The van der Waals surface area contributed by atoms with Gasteiger partial charge in [0.2, 0.25) is 0 Å². The van der Waals surface area contributed by atoms with Crippen molar-refractivity contribution in [2.75, 3.05) is 52.5 Å². The Labute approximate surface area is 117 Å². The van der Waals surface area contributed by atoms with Gasteiger partial charge in [0.1, 0.15) is 0 Å². The molecule has 2 heterocycles. The molecule has 0 radical (unpaired) electrons. The summed E-state index contributed by atoms with van der Waals surface area (Å²) in [6.07, 6.45) is 4.09. The predicted molar refractivity (Wildman–Crippen MR) is 77.1 cm³/mol. The number of nitrogens with two attached hydrogens (primary N) is 1. The molecule has 4 heteroatoms. The Morgan fingerprint density at radius 3 is 2.42 bits per heavy atom. The average Bonchev–Trinajstić information content (AvgIpc) is 3.08. The molecule has 3 rings (SSSR count). The number of piperazine rings is 1. The smallest absolute Gasteiger partial charge is 0.0513 e. The Bertz CT molecular complexity index is 294. The van der Waals surface area contributed by atoms with Crippen LogP contribution in [0.15, 0.2) is 0 Å². The minimum atomic E-state index is 0.141. The Balaban J connectivity index is 1.55. The summed E-state index contributed by atoms with van der Waals surface area (Å²) < 4.78 is 5.59. The van der Waals surface area contributed by atoms with Crippen LogP contribution in [0.3, 0.4) is 0 Å². The molecule has 4 nitrogen and oxygen atoms in total. The van der Waals surface area contributed by atoms with E-state index in [-0.39, 0.29) is 5.54 Å². The molecule has 110 valence electrons. The minimum Gasteiger partial charge on any atom is -0.381 e. The van der Waals surface area contributed by atoms with Crippen molar-refractivity contribution in [2.24, 2.45) is 17.6 Å². The summed E-state index contributed by atoms with van der Waals surface area (Å²) in [7, 11) is 0. The minimum absolute atomic E-state index is 0.141. The third-order valence-electron chi connectivity index (χ3n) is 5.53. The van der Waals surface area contributed by atoms with Crippen LogP contribution in [0.2, 0.25) is 0 Å². The van der Waals surface area contributed by atoms with Gasteiger partial charge in [0.05, 0.1) is 6.61 Å². The van der Waals surface area contributed by atoms with Gasteiger partial charge in [0.15, 0.2) is 0 Å². The molecular formula is C15H29N3O. The normalized spacial score (nSPS) is 33.5. The van der Waals surface area contributed by atoms with Gasteiger partial charge >= 0.3 is 0 Å². The van der Waals surface area contributed by atoms with E-state index in [0.29, 0.717) is 5.92 Å². The maximum atomic E-state index is 6.13. The molecule has 1 saturated carbocycles. The molecule has 1 aliphatic carbocycles. The second-order valence-electron chi connectivity index (χ2n) is 6.85. The highest BCUT2D eigenvalue weighted by molar-refractivity contribution is 4.97. The summed E-state index contributed by atoms with van der Waals surface area (Å²) in [5.41, 5.74) is 6.27. The Hall–Kier alpha value is -0.160. The summed E-state index contributed by atoms with van der Waals surface area (Å²) in [6.45, 7) is 11.1. The first-order chi connectivity index (χ1) is 9.22. The van der Waals surface area contributed by atoms with Gasteiger partial charge in [0.25, 0.3) is 0 Å². The van der Waals surface area contributed by atoms with Crippen molar-refractivity contribution >= 4 is 0 Å². The molecule has 2 N–H and O–H groups in total. The summed E-state index contributed by atoms with van der Waals surface area (Å²) in [4.78, 5) is 5.28. The predicted octanol–water partition coefficient (Wildman–Crippen LogP) is 0.768. The van der Waals surface area contributed by atoms with Crippen LogP contribution in [0, 0.1) is 11.8 Å². The van der Waals surface area contributed by atoms with Gasteiger partial charge in [0, 0.05) is 57.3 Å². The van der Waals surface area contributed by atoms with Gasteiger partial charge in [-0.3, -0.25) is 4.90 Å². The molecule has 2 saturated heterocycles. The molecule has 19 heavy (non-hydrogen) atoms. The fraction of sp³-hybridized carbons (Fsp3) is 1.00. The first-order valence-corrected chi connectivity index (χ1v) is 7.97. The number of ether oxygens (including phenoxy) is 1. The second-order valence-corrected chi connectivity index (χ2v) is 6.85. The summed E-state index contributed by atoms with van der Waals surface area (Å²) in [5.74, 6) is 1.63. The third kappa shape index (κ3) is 2.97. The van der Waals surface area contributed by atoms with E-state index in [1.165, 1.54) is 52.0 Å². The molecule has 0 bridgehead atoms. The van der Waals surface area contributed by atoms with Crippen LogP contribution >= 0.6 is 0 Å². The van der Waals surface area contributed by atoms with Crippen LogP contribution in [0.4, 0.5) is 0 Å². The van der Waals surface area contributed by atoms with Gasteiger partial charge < -0.3 is 15.4 Å². The van der Waals surface area contributed by atoms with Crippen molar-refractivity contribution in [3.63, 3.8) is 0 Å². The molecule has 2 aliphatic heterocycles. The summed E-state index contributed by atoms with van der Waals surface area (Å²) in [6, 6.07) is 0. The Morgan fingerprint density at radius 1 is 1.16 bits per heavy atom. The summed E-state index contributed by atoms with van der Waals surface area (Å²) >= 11 is 0. The van der Waals surface area contributed by atoms with Crippen LogP contribution in [-0.2, 0) is 4.74 Å². The van der Waals surface area contributed by atoms with Crippen molar-refractivity contribution in [3.8, 4) is 0 Å². The molecule has 2 unspecified atom stereocenters. The maximum absolute atomic E-state index is 6.13. The zero-order chi connectivity index (χ0) is 13.3. The third-order valence-corrected chi connectivity index (χ3v) is 5.53. The van der Waals surface area contributed by atoms with Crippen LogP contribution in [0.1, 0.15) is 26.2 Å². The number of hydrogen-bond acceptors (Lipinski definition) is 4. The molecular weight excluding hydrogens is 238 g/mol. The highest BCUT2D eigenvalue weighted by Gasteiger charge is 2.41. The van der Waals surface area contributed by atoms with E-state index in [0.717, 1.165) is 25.7 Å². The molecule has 0 aromatic rings. The van der Waals surface area contributed by atoms with E-state index in [1.807, 2.05) is 0 Å². The lowest BCUT2D eigenvalue weighted by Crippen LogP contribution is -2.62. The zero-order valence-corrected chi connectivity index (χ0v) is 12.3. The quantitative estimate of drug-likeness (QED) is 0.799. The summed E-state index contributed by atoms with van der Waals surface area (Å²) in [5, 5.41) is 0. The van der Waals surface area contributed by atoms with Crippen molar-refractivity contribution in [1.29, 1.82) is 0 Å². The van der Waals surface area contributed by atoms with Gasteiger partial charge in [-0.1, -0.05) is 0 Å². The number of nitrogens with zero attached hydrogens (tertiary/aromatic N) is 2. The topological polar surface area (TPSA) is 41.7 Å². The highest BCUT2D eigenvalue weighted by Crippen LogP contribution is 2.33. The average molecular weight is 267 g/mol. The fourth-order valence-electron chi connectivity index (χ4n) is 3.69. The molecule has 2 atom stereocenters. The lowest BCUT2D eigenvalue weighted by Gasteiger charge is -2.48. The SMILES string of the molecule is CC(CN)(C1CCOC1)N1CCN(CC2CC2)CC1. The van der Waals surface area contributed by atoms with Crippen molar-refractivity contribution in [2.45, 2.75) is 31.7 Å². The van der Waals surface area contributed by atoms with E-state index < -0.39 is 0 Å². The molecule has 0 aromatic heterocycles. The van der Waals surface area contributed by atoms with Gasteiger partial charge in [-0.15, -0.1) is 0 Å². The van der Waals surface area contributed by atoms with Gasteiger partial charge in [-0.2, -0.15) is 0 Å². The standard InChI is InChI=1S/C15H29N3O/c1-15(12-16,14-4-9-19-11-14)18-7-5-17(6-8-18)10-13-2-3-13/h13-14H,2-12,16H2,1H3. The number of hydrogen-bond donors (Lipinski definition) is 1. The first kappa shape index (κ1) is 13.8. The fourth-order valence-corrected chi connectivity index (χ4v) is 3.69. The van der Waals surface area contributed by atoms with Crippen molar-refractivity contribution < 1.29 is 4.74 Å². The Morgan fingerprint density at radius 2 is 1.89 bits per heavy atom. The molecule has 3 fully saturated rings. The van der Waals surface area contributed by atoms with Crippen molar-refractivity contribution in [3.05, 3.63) is 0 Å². The molecule has 0 spiro atoms. The highest BCUT2D eigenvalue weighted by atomic mass is 16.5. The van der Waals surface area contributed by atoms with Gasteiger partial charge in [-0.25, -0.2) is 0 Å². The van der Waals surface area contributed by atoms with Crippen LogP contribution in [0.5, 0.6) is 0 Å². The number of rotatable bonds is 5. The lowest BCUT2D eigenvalue weighted by atomic mass is 9.82. The van der Waals surface area contributed by atoms with Crippen LogP contribution in [-0.4, -0.2) is 67.8 Å². The molecule has 0 amide bonds. The van der Waals surface area contributed by atoms with E-state index in [1.54, 1.807) is 0 Å². The first-order valence-electron chi connectivity index (χ1n) is 7.97.